The minimum absolute atomic E-state index is 0.355. The number of fused-ring (bicyclic) bond motifs is 1. The summed E-state index contributed by atoms with van der Waals surface area (Å²) in [5.74, 6) is 1.20. The van der Waals surface area contributed by atoms with Crippen LogP contribution in [-0.2, 0) is 0 Å². The molecule has 0 spiro atoms. The van der Waals surface area contributed by atoms with Crippen LogP contribution in [0.5, 0.6) is 0 Å². The molecule has 1 heterocycles. The molecule has 0 radical (unpaired) electrons. The Morgan fingerprint density at radius 3 is 2.30 bits per heavy atom. The Kier molecular flexibility index (Phi) is 4.37. The van der Waals surface area contributed by atoms with Crippen LogP contribution in [-0.4, -0.2) is 16.3 Å². The molecular formula is C21H14N4O2. The van der Waals surface area contributed by atoms with E-state index in [1.54, 1.807) is 36.4 Å². The second-order valence-electron chi connectivity index (χ2n) is 5.92. The smallest absolute Gasteiger partial charge is 0.162 e. The summed E-state index contributed by atoms with van der Waals surface area (Å²) in [7, 11) is 0. The van der Waals surface area contributed by atoms with Gasteiger partial charge >= 0.3 is 0 Å². The van der Waals surface area contributed by atoms with E-state index in [2.05, 4.69) is 20.5 Å². The number of carbonyl (C=O) groups is 1. The number of hydrogen-bond donors (Lipinski definition) is 1. The van der Waals surface area contributed by atoms with Gasteiger partial charge in [-0.3, -0.25) is 4.79 Å². The van der Waals surface area contributed by atoms with E-state index < -0.39 is 0 Å². The van der Waals surface area contributed by atoms with Crippen LogP contribution in [0.25, 0.3) is 22.3 Å². The lowest BCUT2D eigenvalue weighted by atomic mass is 10.1. The fraction of sp³-hybridized carbons (Fsp3) is 0. The molecule has 6 heteroatoms. The highest BCUT2D eigenvalue weighted by Crippen LogP contribution is 2.28. The van der Waals surface area contributed by atoms with Crippen molar-refractivity contribution in [3.8, 4) is 11.4 Å². The van der Waals surface area contributed by atoms with E-state index in [1.807, 2.05) is 36.4 Å². The van der Waals surface area contributed by atoms with Gasteiger partial charge in [0.1, 0.15) is 17.8 Å². The van der Waals surface area contributed by atoms with E-state index in [0.717, 1.165) is 28.4 Å². The lowest BCUT2D eigenvalue weighted by molar-refractivity contribution is 0.112. The Morgan fingerprint density at radius 2 is 1.59 bits per heavy atom. The van der Waals surface area contributed by atoms with E-state index in [4.69, 9.17) is 0 Å². The van der Waals surface area contributed by atoms with Gasteiger partial charge < -0.3 is 5.32 Å². The molecule has 3 aromatic carbocycles. The van der Waals surface area contributed by atoms with Gasteiger partial charge in [-0.25, -0.2) is 9.97 Å². The van der Waals surface area contributed by atoms with Crippen molar-refractivity contribution in [3.05, 3.63) is 83.3 Å². The standard InChI is InChI=1S/C21H14N4O2/c26-13-14-5-9-16(10-6-14)22-21-18-3-1-2-4-19(18)23-20(24-21)15-7-11-17(25-27)12-8-15/h1-13H,(H,22,23,24). The molecule has 1 N–H and O–H groups in total. The van der Waals surface area contributed by atoms with Crippen molar-refractivity contribution >= 4 is 34.4 Å². The SMILES string of the molecule is O=Cc1ccc(Nc2nc(-c3ccc(N=O)cc3)nc3ccccc23)cc1. The van der Waals surface area contributed by atoms with Crippen LogP contribution in [0.1, 0.15) is 10.4 Å². The third kappa shape index (κ3) is 3.41. The van der Waals surface area contributed by atoms with Crippen molar-refractivity contribution in [1.82, 2.24) is 9.97 Å². The Labute approximate surface area is 154 Å². The average Bonchev–Trinajstić information content (AvgIpc) is 2.74. The molecule has 4 rings (SSSR count). The molecule has 4 aromatic rings. The zero-order valence-electron chi connectivity index (χ0n) is 14.2. The third-order valence-corrected chi connectivity index (χ3v) is 4.14. The summed E-state index contributed by atoms with van der Waals surface area (Å²) < 4.78 is 0. The normalized spacial score (nSPS) is 10.5. The van der Waals surface area contributed by atoms with Crippen LogP contribution in [0.15, 0.2) is 78.0 Å². The van der Waals surface area contributed by atoms with Gasteiger partial charge in [-0.15, -0.1) is 4.91 Å². The monoisotopic (exact) mass is 354 g/mol. The predicted octanol–water partition coefficient (Wildman–Crippen LogP) is 5.25. The molecule has 0 saturated heterocycles. The maximum absolute atomic E-state index is 10.8. The Hall–Kier alpha value is -3.93. The van der Waals surface area contributed by atoms with Gasteiger partial charge in [0.05, 0.1) is 5.52 Å². The second-order valence-corrected chi connectivity index (χ2v) is 5.92. The van der Waals surface area contributed by atoms with Crippen LogP contribution in [0, 0.1) is 4.91 Å². The van der Waals surface area contributed by atoms with Crippen molar-refractivity contribution < 1.29 is 4.79 Å². The molecule has 0 unspecified atom stereocenters. The second kappa shape index (κ2) is 7.13. The first kappa shape index (κ1) is 16.5. The first-order valence-corrected chi connectivity index (χ1v) is 8.30. The zero-order chi connectivity index (χ0) is 18.6. The Bertz CT molecular complexity index is 1120. The Balaban J connectivity index is 1.79. The Morgan fingerprint density at radius 1 is 0.852 bits per heavy atom. The number of nitrogens with one attached hydrogen (secondary N) is 1. The largest absolute Gasteiger partial charge is 0.340 e. The molecule has 1 aromatic heterocycles. The maximum Gasteiger partial charge on any atom is 0.162 e. The fourth-order valence-electron chi connectivity index (χ4n) is 2.75. The summed E-state index contributed by atoms with van der Waals surface area (Å²) >= 11 is 0. The molecule has 6 nitrogen and oxygen atoms in total. The first-order chi connectivity index (χ1) is 13.3. The van der Waals surface area contributed by atoms with E-state index in [9.17, 15) is 9.70 Å². The van der Waals surface area contributed by atoms with Crippen molar-refractivity contribution in [2.45, 2.75) is 0 Å². The number of benzene rings is 3. The summed E-state index contributed by atoms with van der Waals surface area (Å²) in [6, 6.07) is 21.6. The number of nitrogens with zero attached hydrogens (tertiary/aromatic N) is 3. The number of anilines is 2. The molecule has 0 saturated carbocycles. The van der Waals surface area contributed by atoms with Gasteiger partial charge in [-0.05, 0) is 65.8 Å². The van der Waals surface area contributed by atoms with Gasteiger partial charge in [0.25, 0.3) is 0 Å². The molecule has 0 aliphatic rings. The highest BCUT2D eigenvalue weighted by molar-refractivity contribution is 5.92. The molecule has 27 heavy (non-hydrogen) atoms. The number of nitroso groups, excluding NO2 is 1. The van der Waals surface area contributed by atoms with E-state index >= 15 is 0 Å². The lowest BCUT2D eigenvalue weighted by Crippen LogP contribution is -1.99. The van der Waals surface area contributed by atoms with Crippen LogP contribution in [0.3, 0.4) is 0 Å². The molecule has 0 aliphatic heterocycles. The zero-order valence-corrected chi connectivity index (χ0v) is 14.2. The van der Waals surface area contributed by atoms with E-state index in [1.165, 1.54) is 0 Å². The highest BCUT2D eigenvalue weighted by Gasteiger charge is 2.10. The van der Waals surface area contributed by atoms with Crippen LogP contribution < -0.4 is 5.32 Å². The summed E-state index contributed by atoms with van der Waals surface area (Å²) in [6.45, 7) is 0. The lowest BCUT2D eigenvalue weighted by Gasteiger charge is -2.11. The molecular weight excluding hydrogens is 340 g/mol. The van der Waals surface area contributed by atoms with Gasteiger partial charge in [0.2, 0.25) is 0 Å². The predicted molar refractivity (Wildman–Crippen MR) is 106 cm³/mol. The topological polar surface area (TPSA) is 84.3 Å². The number of aldehydes is 1. The van der Waals surface area contributed by atoms with Gasteiger partial charge in [0.15, 0.2) is 5.82 Å². The molecule has 130 valence electrons. The van der Waals surface area contributed by atoms with Crippen LogP contribution >= 0.6 is 0 Å². The van der Waals surface area contributed by atoms with Crippen LogP contribution in [0.2, 0.25) is 0 Å². The maximum atomic E-state index is 10.8. The van der Waals surface area contributed by atoms with E-state index in [-0.39, 0.29) is 0 Å². The third-order valence-electron chi connectivity index (χ3n) is 4.14. The average molecular weight is 354 g/mol. The molecule has 0 bridgehead atoms. The fourth-order valence-corrected chi connectivity index (χ4v) is 2.75. The van der Waals surface area contributed by atoms with Gasteiger partial charge in [-0.2, -0.15) is 0 Å². The highest BCUT2D eigenvalue weighted by atomic mass is 16.3. The summed E-state index contributed by atoms with van der Waals surface area (Å²) in [5.41, 5.74) is 3.36. The van der Waals surface area contributed by atoms with Crippen molar-refractivity contribution in [3.63, 3.8) is 0 Å². The quantitative estimate of drug-likeness (QED) is 0.391. The number of carbonyl (C=O) groups excluding carboxylic acids is 1. The number of para-hydroxylation sites is 1. The minimum atomic E-state index is 0.355. The molecule has 0 fully saturated rings. The summed E-state index contributed by atoms with van der Waals surface area (Å²) in [6.07, 6.45) is 0.805. The van der Waals surface area contributed by atoms with Gasteiger partial charge in [0, 0.05) is 22.2 Å². The van der Waals surface area contributed by atoms with Gasteiger partial charge in [-0.1, -0.05) is 12.1 Å². The van der Waals surface area contributed by atoms with Crippen molar-refractivity contribution in [2.75, 3.05) is 5.32 Å². The number of aromatic nitrogens is 2. The summed E-state index contributed by atoms with van der Waals surface area (Å²) in [5, 5.41) is 7.09. The van der Waals surface area contributed by atoms with Crippen molar-refractivity contribution in [1.29, 1.82) is 0 Å². The number of hydrogen-bond acceptors (Lipinski definition) is 6. The first-order valence-electron chi connectivity index (χ1n) is 8.30. The number of rotatable bonds is 5. The van der Waals surface area contributed by atoms with Crippen LogP contribution in [0.4, 0.5) is 17.2 Å². The van der Waals surface area contributed by atoms with E-state index in [0.29, 0.717) is 22.9 Å². The summed E-state index contributed by atoms with van der Waals surface area (Å²) in [4.78, 5) is 30.7. The minimum Gasteiger partial charge on any atom is -0.340 e. The molecule has 0 aliphatic carbocycles. The molecule has 0 amide bonds. The van der Waals surface area contributed by atoms with Crippen molar-refractivity contribution in [2.24, 2.45) is 5.18 Å². The molecule has 0 atom stereocenters.